The number of pyridine rings is 1. The van der Waals surface area contributed by atoms with E-state index in [1.165, 1.54) is 37.5 Å². The summed E-state index contributed by atoms with van der Waals surface area (Å²) in [6.45, 7) is 0. The summed E-state index contributed by atoms with van der Waals surface area (Å²) in [7, 11) is 0. The molecule has 0 fully saturated rings. The second-order valence-electron chi connectivity index (χ2n) is 13.1. The number of aromatic nitrogens is 1. The fourth-order valence-corrected chi connectivity index (χ4v) is 8.93. The summed E-state index contributed by atoms with van der Waals surface area (Å²) < 4.78 is 6.63. The number of anilines is 3. The number of rotatable bonds is 3. The van der Waals surface area contributed by atoms with Crippen LogP contribution in [0, 0.1) is 0 Å². The number of para-hydroxylation sites is 2. The van der Waals surface area contributed by atoms with Crippen LogP contribution < -0.4 is 4.90 Å². The zero-order chi connectivity index (χ0) is 33.5. The second-order valence-corrected chi connectivity index (χ2v) is 14.2. The Bertz CT molecular complexity index is 2970. The second kappa shape index (κ2) is 11.1. The van der Waals surface area contributed by atoms with Gasteiger partial charge in [0.25, 0.3) is 0 Å². The lowest BCUT2D eigenvalue weighted by Crippen LogP contribution is -2.14. The van der Waals surface area contributed by atoms with Crippen LogP contribution in [0.2, 0.25) is 0 Å². The highest BCUT2D eigenvalue weighted by Crippen LogP contribution is 2.51. The topological polar surface area (TPSA) is 29.3 Å². The number of fused-ring (bicyclic) bond motifs is 10. The van der Waals surface area contributed by atoms with E-state index in [0.717, 1.165) is 66.1 Å². The maximum Gasteiger partial charge on any atom is 0.143 e. The molecule has 51 heavy (non-hydrogen) atoms. The highest BCUT2D eigenvalue weighted by atomic mass is 32.2. The van der Waals surface area contributed by atoms with Crippen LogP contribution in [0.1, 0.15) is 0 Å². The van der Waals surface area contributed by atoms with Gasteiger partial charge >= 0.3 is 0 Å². The summed E-state index contributed by atoms with van der Waals surface area (Å²) in [4.78, 5) is 10.3. The van der Waals surface area contributed by atoms with Crippen molar-refractivity contribution in [3.8, 4) is 22.4 Å². The molecule has 11 rings (SSSR count). The van der Waals surface area contributed by atoms with Crippen LogP contribution in [-0.4, -0.2) is 4.98 Å². The van der Waals surface area contributed by atoms with Crippen molar-refractivity contribution in [1.82, 2.24) is 4.98 Å². The Labute approximate surface area is 298 Å². The molecule has 2 aromatic heterocycles. The molecule has 0 saturated heterocycles. The smallest absolute Gasteiger partial charge is 0.143 e. The molecule has 0 radical (unpaired) electrons. The third kappa shape index (κ3) is 4.37. The van der Waals surface area contributed by atoms with E-state index in [-0.39, 0.29) is 0 Å². The molecule has 1 aliphatic heterocycles. The molecular formula is C47H28N2OS. The van der Waals surface area contributed by atoms with E-state index < -0.39 is 0 Å². The molecule has 0 saturated carbocycles. The van der Waals surface area contributed by atoms with Crippen molar-refractivity contribution < 1.29 is 4.42 Å². The molecule has 4 heteroatoms. The van der Waals surface area contributed by atoms with Crippen LogP contribution in [0.5, 0.6) is 0 Å². The minimum absolute atomic E-state index is 0.845. The van der Waals surface area contributed by atoms with Crippen molar-refractivity contribution in [3.63, 3.8) is 0 Å². The van der Waals surface area contributed by atoms with E-state index in [9.17, 15) is 0 Å². The molecule has 3 nitrogen and oxygen atoms in total. The number of hydrogen-bond acceptors (Lipinski definition) is 4. The van der Waals surface area contributed by atoms with Gasteiger partial charge in [-0.05, 0) is 87.9 Å². The SMILES string of the molecule is c1ccc2c(c1)Sc1ccccc1N2c1ccc(-c2cc(-c3cccc4ccccc34)c3ccc4oc5c6ccccc6ccc5c4c3n2)cc1. The monoisotopic (exact) mass is 668 g/mol. The van der Waals surface area contributed by atoms with Gasteiger partial charge in [0.1, 0.15) is 11.2 Å². The third-order valence-corrected chi connectivity index (χ3v) is 11.4. The van der Waals surface area contributed by atoms with Gasteiger partial charge < -0.3 is 9.32 Å². The van der Waals surface area contributed by atoms with Gasteiger partial charge in [-0.3, -0.25) is 0 Å². The minimum atomic E-state index is 0.845. The minimum Gasteiger partial charge on any atom is -0.455 e. The zero-order valence-electron chi connectivity index (χ0n) is 27.4. The standard InChI is InChI=1S/C47H28N2OS/c1-3-13-33-29(10-1)12-9-15-35(33)38-28-39(48-46-36(38)26-27-42-45(46)37-25-22-30-11-2-4-14-34(30)47(37)50-42)31-20-23-32(24-21-31)49-40-16-5-7-18-43(40)51-44-19-8-6-17-41(44)49/h1-28H. The lowest BCUT2D eigenvalue weighted by Gasteiger charge is -2.32. The van der Waals surface area contributed by atoms with Crippen LogP contribution in [0.4, 0.5) is 17.1 Å². The molecule has 1 aliphatic rings. The summed E-state index contributed by atoms with van der Waals surface area (Å²) in [5.41, 5.74) is 10.5. The van der Waals surface area contributed by atoms with Gasteiger partial charge in [-0.15, -0.1) is 0 Å². The molecule has 238 valence electrons. The van der Waals surface area contributed by atoms with Crippen molar-refractivity contribution in [2.45, 2.75) is 9.79 Å². The largest absolute Gasteiger partial charge is 0.455 e. The molecule has 8 aromatic carbocycles. The van der Waals surface area contributed by atoms with Gasteiger partial charge in [-0.2, -0.15) is 0 Å². The van der Waals surface area contributed by atoms with Crippen LogP contribution in [0.3, 0.4) is 0 Å². The Balaban J connectivity index is 1.15. The van der Waals surface area contributed by atoms with Crippen molar-refractivity contribution >= 4 is 83.2 Å². The van der Waals surface area contributed by atoms with Crippen LogP contribution in [-0.2, 0) is 0 Å². The summed E-state index contributed by atoms with van der Waals surface area (Å²) >= 11 is 1.83. The van der Waals surface area contributed by atoms with E-state index in [1.807, 2.05) is 11.8 Å². The first-order valence-electron chi connectivity index (χ1n) is 17.2. The van der Waals surface area contributed by atoms with E-state index in [4.69, 9.17) is 9.40 Å². The maximum absolute atomic E-state index is 6.63. The van der Waals surface area contributed by atoms with E-state index in [2.05, 4.69) is 175 Å². The van der Waals surface area contributed by atoms with Crippen molar-refractivity contribution in [2.24, 2.45) is 0 Å². The normalized spacial score (nSPS) is 12.6. The summed E-state index contributed by atoms with van der Waals surface area (Å²) in [5.74, 6) is 0. The molecule has 0 aliphatic carbocycles. The van der Waals surface area contributed by atoms with Gasteiger partial charge in [0, 0.05) is 37.2 Å². The quantitative estimate of drug-likeness (QED) is 0.187. The van der Waals surface area contributed by atoms with Crippen molar-refractivity contribution in [2.75, 3.05) is 4.90 Å². The molecule has 0 spiro atoms. The van der Waals surface area contributed by atoms with Gasteiger partial charge in [0.2, 0.25) is 0 Å². The first-order chi connectivity index (χ1) is 25.3. The number of furan rings is 1. The molecule has 0 atom stereocenters. The first kappa shape index (κ1) is 28.5. The Kier molecular flexibility index (Phi) is 6.18. The average molecular weight is 669 g/mol. The molecule has 3 heterocycles. The summed E-state index contributed by atoms with van der Waals surface area (Å²) in [6, 6.07) is 60.7. The van der Waals surface area contributed by atoms with Crippen LogP contribution in [0.25, 0.3) is 76.8 Å². The fourth-order valence-electron chi connectivity index (χ4n) is 7.87. The van der Waals surface area contributed by atoms with Gasteiger partial charge in [0.05, 0.1) is 28.0 Å². The third-order valence-electron chi connectivity index (χ3n) is 10.2. The van der Waals surface area contributed by atoms with Crippen LogP contribution >= 0.6 is 11.8 Å². The Morgan fingerprint density at radius 2 is 1.14 bits per heavy atom. The first-order valence-corrected chi connectivity index (χ1v) is 18.0. The Morgan fingerprint density at radius 1 is 0.490 bits per heavy atom. The van der Waals surface area contributed by atoms with E-state index >= 15 is 0 Å². The predicted molar refractivity (Wildman–Crippen MR) is 214 cm³/mol. The number of hydrogen-bond donors (Lipinski definition) is 0. The van der Waals surface area contributed by atoms with Gasteiger partial charge in [0.15, 0.2) is 0 Å². The molecule has 0 N–H and O–H groups in total. The fraction of sp³-hybridized carbons (Fsp3) is 0. The summed E-state index contributed by atoms with van der Waals surface area (Å²) in [5, 5.41) is 7.94. The Morgan fingerprint density at radius 3 is 1.92 bits per heavy atom. The van der Waals surface area contributed by atoms with Crippen molar-refractivity contribution in [1.29, 1.82) is 0 Å². The zero-order valence-corrected chi connectivity index (χ0v) is 28.2. The highest BCUT2D eigenvalue weighted by Gasteiger charge is 2.25. The molecule has 10 aromatic rings. The molecule has 0 unspecified atom stereocenters. The lowest BCUT2D eigenvalue weighted by molar-refractivity contribution is 0.673. The Hall–Kier alpha value is -6.36. The summed E-state index contributed by atoms with van der Waals surface area (Å²) in [6.07, 6.45) is 0. The van der Waals surface area contributed by atoms with Crippen molar-refractivity contribution in [3.05, 3.63) is 170 Å². The average Bonchev–Trinajstić information content (AvgIpc) is 3.59. The number of nitrogens with zero attached hydrogens (tertiary/aromatic N) is 2. The maximum atomic E-state index is 6.63. The molecule has 0 amide bonds. The molecular weight excluding hydrogens is 641 g/mol. The van der Waals surface area contributed by atoms with E-state index in [1.54, 1.807) is 0 Å². The van der Waals surface area contributed by atoms with Gasteiger partial charge in [-0.1, -0.05) is 121 Å². The predicted octanol–water partition coefficient (Wildman–Crippen LogP) is 13.7. The van der Waals surface area contributed by atoms with Gasteiger partial charge in [-0.25, -0.2) is 4.98 Å². The number of benzene rings is 8. The van der Waals surface area contributed by atoms with Crippen LogP contribution in [0.15, 0.2) is 184 Å². The lowest BCUT2D eigenvalue weighted by atomic mass is 9.93. The molecule has 0 bridgehead atoms. The van der Waals surface area contributed by atoms with E-state index in [0.29, 0.717) is 0 Å². The highest BCUT2D eigenvalue weighted by molar-refractivity contribution is 7.99.